The molecule has 2 N–H and O–H groups in total. The van der Waals surface area contributed by atoms with Crippen LogP contribution in [0.4, 0.5) is 4.39 Å². The fourth-order valence-corrected chi connectivity index (χ4v) is 2.13. The molecule has 1 saturated heterocycles. The fourth-order valence-electron chi connectivity index (χ4n) is 2.13. The molecule has 0 spiro atoms. The number of amides is 1. The maximum atomic E-state index is 12.7. The average molecular weight is 236 g/mol. The van der Waals surface area contributed by atoms with Gasteiger partial charge in [-0.15, -0.1) is 0 Å². The molecule has 0 unspecified atom stereocenters. The highest BCUT2D eigenvalue weighted by molar-refractivity contribution is 5.82. The molecule has 1 aliphatic heterocycles. The van der Waals surface area contributed by atoms with E-state index in [1.807, 2.05) is 4.90 Å². The molecule has 1 heterocycles. The van der Waals surface area contributed by atoms with Crippen LogP contribution in [0.5, 0.6) is 0 Å². The lowest BCUT2D eigenvalue weighted by Gasteiger charge is -2.20. The Morgan fingerprint density at radius 2 is 1.88 bits per heavy atom. The Balaban J connectivity index is 1.93. The number of hydrogen-bond acceptors (Lipinski definition) is 2. The lowest BCUT2D eigenvalue weighted by Crippen LogP contribution is -2.43. The summed E-state index contributed by atoms with van der Waals surface area (Å²) in [4.78, 5) is 13.8. The molecule has 2 rings (SSSR count). The Hall–Kier alpha value is -1.42. The van der Waals surface area contributed by atoms with Crippen molar-refractivity contribution in [3.05, 3.63) is 35.6 Å². The molecule has 1 amide bonds. The van der Waals surface area contributed by atoms with E-state index in [4.69, 9.17) is 5.73 Å². The van der Waals surface area contributed by atoms with E-state index in [1.165, 1.54) is 12.1 Å². The van der Waals surface area contributed by atoms with E-state index in [9.17, 15) is 9.18 Å². The first-order chi connectivity index (χ1) is 8.16. The molecule has 0 aromatic heterocycles. The first-order valence-electron chi connectivity index (χ1n) is 5.95. The Labute approximate surface area is 100 Å². The Morgan fingerprint density at radius 3 is 2.47 bits per heavy atom. The molecule has 1 aromatic rings. The zero-order chi connectivity index (χ0) is 12.3. The lowest BCUT2D eigenvalue weighted by atomic mass is 10.1. The third-order valence-corrected chi connectivity index (χ3v) is 3.10. The summed E-state index contributed by atoms with van der Waals surface area (Å²) in [6, 6.07) is 5.61. The maximum Gasteiger partial charge on any atom is 0.239 e. The quantitative estimate of drug-likeness (QED) is 0.860. The van der Waals surface area contributed by atoms with Crippen molar-refractivity contribution in [2.24, 2.45) is 5.73 Å². The molecule has 17 heavy (non-hydrogen) atoms. The molecular formula is C13H17FN2O. The second-order valence-corrected chi connectivity index (χ2v) is 4.47. The molecule has 0 radical (unpaired) electrons. The van der Waals surface area contributed by atoms with E-state index in [-0.39, 0.29) is 11.7 Å². The average Bonchev–Trinajstić information content (AvgIpc) is 2.84. The molecule has 1 fully saturated rings. The molecule has 92 valence electrons. The van der Waals surface area contributed by atoms with Gasteiger partial charge in [-0.1, -0.05) is 12.1 Å². The molecule has 1 atom stereocenters. The number of carbonyl (C=O) groups is 1. The van der Waals surface area contributed by atoms with Crippen molar-refractivity contribution in [2.75, 3.05) is 13.1 Å². The monoisotopic (exact) mass is 236 g/mol. The molecule has 4 heteroatoms. The van der Waals surface area contributed by atoms with Gasteiger partial charge >= 0.3 is 0 Å². The second kappa shape index (κ2) is 5.27. The SMILES string of the molecule is N[C@H](Cc1ccc(F)cc1)C(=O)N1CCCC1. The van der Waals surface area contributed by atoms with E-state index >= 15 is 0 Å². The minimum atomic E-state index is -0.515. The summed E-state index contributed by atoms with van der Waals surface area (Å²) >= 11 is 0. The van der Waals surface area contributed by atoms with Crippen LogP contribution >= 0.6 is 0 Å². The van der Waals surface area contributed by atoms with Crippen LogP contribution in [0.1, 0.15) is 18.4 Å². The zero-order valence-corrected chi connectivity index (χ0v) is 9.73. The molecule has 0 saturated carbocycles. The van der Waals surface area contributed by atoms with Gasteiger partial charge in [0, 0.05) is 13.1 Å². The third kappa shape index (κ3) is 3.03. The van der Waals surface area contributed by atoms with Gasteiger partial charge in [-0.25, -0.2) is 4.39 Å². The minimum absolute atomic E-state index is 0.00632. The van der Waals surface area contributed by atoms with Gasteiger partial charge in [0.25, 0.3) is 0 Å². The number of nitrogens with zero attached hydrogens (tertiary/aromatic N) is 1. The standard InChI is InChI=1S/C13H17FN2O/c14-11-5-3-10(4-6-11)9-12(15)13(17)16-7-1-2-8-16/h3-6,12H,1-2,7-9,15H2/t12-/m1/s1. The van der Waals surface area contributed by atoms with Crippen LogP contribution in [0, 0.1) is 5.82 Å². The van der Waals surface area contributed by atoms with E-state index in [2.05, 4.69) is 0 Å². The minimum Gasteiger partial charge on any atom is -0.341 e. The number of halogens is 1. The van der Waals surface area contributed by atoms with Crippen LogP contribution in [0.2, 0.25) is 0 Å². The summed E-state index contributed by atoms with van der Waals surface area (Å²) in [5.41, 5.74) is 6.78. The predicted octanol–water partition coefficient (Wildman–Crippen LogP) is 1.32. The summed E-state index contributed by atoms with van der Waals surface area (Å²) in [6.07, 6.45) is 2.60. The van der Waals surface area contributed by atoms with Crippen LogP contribution in [0.3, 0.4) is 0 Å². The van der Waals surface area contributed by atoms with Gasteiger partial charge in [0.05, 0.1) is 6.04 Å². The van der Waals surface area contributed by atoms with E-state index in [0.717, 1.165) is 31.5 Å². The molecule has 0 bridgehead atoms. The van der Waals surface area contributed by atoms with E-state index in [0.29, 0.717) is 6.42 Å². The Kier molecular flexibility index (Phi) is 3.74. The molecule has 3 nitrogen and oxygen atoms in total. The van der Waals surface area contributed by atoms with Crippen molar-refractivity contribution >= 4 is 5.91 Å². The summed E-state index contributed by atoms with van der Waals surface area (Å²) in [5, 5.41) is 0. The zero-order valence-electron chi connectivity index (χ0n) is 9.73. The topological polar surface area (TPSA) is 46.3 Å². The largest absolute Gasteiger partial charge is 0.341 e. The smallest absolute Gasteiger partial charge is 0.239 e. The Morgan fingerprint density at radius 1 is 1.29 bits per heavy atom. The van der Waals surface area contributed by atoms with Gasteiger partial charge < -0.3 is 10.6 Å². The lowest BCUT2D eigenvalue weighted by molar-refractivity contribution is -0.131. The highest BCUT2D eigenvalue weighted by atomic mass is 19.1. The number of benzene rings is 1. The van der Waals surface area contributed by atoms with Gasteiger partial charge in [0.15, 0.2) is 0 Å². The number of likely N-dealkylation sites (tertiary alicyclic amines) is 1. The molecule has 1 aromatic carbocycles. The fraction of sp³-hybridized carbons (Fsp3) is 0.462. The highest BCUT2D eigenvalue weighted by Crippen LogP contribution is 2.11. The van der Waals surface area contributed by atoms with E-state index < -0.39 is 6.04 Å². The van der Waals surface area contributed by atoms with Crippen LogP contribution < -0.4 is 5.73 Å². The van der Waals surface area contributed by atoms with E-state index in [1.54, 1.807) is 12.1 Å². The van der Waals surface area contributed by atoms with Crippen LogP contribution in [0.25, 0.3) is 0 Å². The van der Waals surface area contributed by atoms with Gasteiger partial charge in [0.2, 0.25) is 5.91 Å². The predicted molar refractivity (Wildman–Crippen MR) is 63.9 cm³/mol. The van der Waals surface area contributed by atoms with Crippen LogP contribution in [0.15, 0.2) is 24.3 Å². The first-order valence-corrected chi connectivity index (χ1v) is 5.95. The summed E-state index contributed by atoms with van der Waals surface area (Å²) < 4.78 is 12.7. The van der Waals surface area contributed by atoms with Gasteiger partial charge in [-0.2, -0.15) is 0 Å². The van der Waals surface area contributed by atoms with Crippen molar-refractivity contribution < 1.29 is 9.18 Å². The van der Waals surface area contributed by atoms with Crippen molar-refractivity contribution in [1.82, 2.24) is 4.90 Å². The third-order valence-electron chi connectivity index (χ3n) is 3.10. The Bertz CT molecular complexity index is 385. The van der Waals surface area contributed by atoms with Crippen molar-refractivity contribution in [2.45, 2.75) is 25.3 Å². The highest BCUT2D eigenvalue weighted by Gasteiger charge is 2.23. The molecule has 1 aliphatic rings. The van der Waals surface area contributed by atoms with Gasteiger partial charge in [-0.3, -0.25) is 4.79 Å². The van der Waals surface area contributed by atoms with Crippen molar-refractivity contribution in [3.63, 3.8) is 0 Å². The summed E-state index contributed by atoms with van der Waals surface area (Å²) in [5.74, 6) is -0.264. The van der Waals surface area contributed by atoms with Crippen LogP contribution in [-0.4, -0.2) is 29.9 Å². The first kappa shape index (κ1) is 12.0. The summed E-state index contributed by atoms with van der Waals surface area (Å²) in [7, 11) is 0. The number of rotatable bonds is 3. The van der Waals surface area contributed by atoms with Crippen molar-refractivity contribution in [1.29, 1.82) is 0 Å². The second-order valence-electron chi connectivity index (χ2n) is 4.47. The number of hydrogen-bond donors (Lipinski definition) is 1. The van der Waals surface area contributed by atoms with Crippen LogP contribution in [-0.2, 0) is 11.2 Å². The van der Waals surface area contributed by atoms with Gasteiger partial charge in [0.1, 0.15) is 5.82 Å². The molecular weight excluding hydrogens is 219 g/mol. The van der Waals surface area contributed by atoms with Crippen molar-refractivity contribution in [3.8, 4) is 0 Å². The maximum absolute atomic E-state index is 12.7. The summed E-state index contributed by atoms with van der Waals surface area (Å²) in [6.45, 7) is 1.63. The number of carbonyl (C=O) groups excluding carboxylic acids is 1. The number of nitrogens with two attached hydrogens (primary N) is 1. The van der Waals surface area contributed by atoms with Gasteiger partial charge in [-0.05, 0) is 37.0 Å². The normalized spacial score (nSPS) is 17.2. The molecule has 0 aliphatic carbocycles.